The highest BCUT2D eigenvalue weighted by Gasteiger charge is 2.23. The summed E-state index contributed by atoms with van der Waals surface area (Å²) in [7, 11) is 1.79. The van der Waals surface area contributed by atoms with Gasteiger partial charge < -0.3 is 14.7 Å². The van der Waals surface area contributed by atoms with E-state index in [4.69, 9.17) is 9.84 Å². The van der Waals surface area contributed by atoms with Gasteiger partial charge in [-0.2, -0.15) is 0 Å². The van der Waals surface area contributed by atoms with E-state index in [9.17, 15) is 4.79 Å². The molecule has 2 aromatic heterocycles. The van der Waals surface area contributed by atoms with Crippen LogP contribution in [0.2, 0.25) is 0 Å². The molecular weight excluding hydrogens is 296 g/mol. The van der Waals surface area contributed by atoms with Gasteiger partial charge in [-0.3, -0.25) is 19.7 Å². The highest BCUT2D eigenvalue weighted by Crippen LogP contribution is 2.26. The van der Waals surface area contributed by atoms with Crippen LogP contribution in [-0.4, -0.2) is 71.9 Å². The number of rotatable bonds is 5. The lowest BCUT2D eigenvalue weighted by Gasteiger charge is -2.36. The Morgan fingerprint density at radius 2 is 2.35 bits per heavy atom. The normalized spacial score (nSPS) is 18.5. The van der Waals surface area contributed by atoms with E-state index in [1.54, 1.807) is 24.3 Å². The van der Waals surface area contributed by atoms with Crippen LogP contribution in [0.5, 0.6) is 0 Å². The molecule has 1 aliphatic heterocycles. The first-order valence-corrected chi connectivity index (χ1v) is 7.59. The van der Waals surface area contributed by atoms with E-state index in [-0.39, 0.29) is 12.6 Å². The van der Waals surface area contributed by atoms with Gasteiger partial charge >= 0.3 is 5.97 Å². The first kappa shape index (κ1) is 15.6. The minimum absolute atomic E-state index is 0.0158. The van der Waals surface area contributed by atoms with E-state index < -0.39 is 5.97 Å². The van der Waals surface area contributed by atoms with Crippen molar-refractivity contribution < 1.29 is 14.6 Å². The van der Waals surface area contributed by atoms with Crippen LogP contribution in [0.4, 0.5) is 5.69 Å². The number of carbonyl (C=O) groups is 1. The Hall–Kier alpha value is -2.25. The predicted molar refractivity (Wildman–Crippen MR) is 86.6 cm³/mol. The quantitative estimate of drug-likeness (QED) is 0.876. The summed E-state index contributed by atoms with van der Waals surface area (Å²) in [5, 5.41) is 9.88. The summed E-state index contributed by atoms with van der Waals surface area (Å²) in [4.78, 5) is 23.4. The van der Waals surface area contributed by atoms with Gasteiger partial charge in [0.25, 0.3) is 0 Å². The summed E-state index contributed by atoms with van der Waals surface area (Å²) in [6, 6.07) is 3.89. The molecule has 3 heterocycles. The van der Waals surface area contributed by atoms with Crippen molar-refractivity contribution in [3.63, 3.8) is 0 Å². The molecule has 7 heteroatoms. The molecule has 0 spiro atoms. The van der Waals surface area contributed by atoms with Crippen molar-refractivity contribution in [1.29, 1.82) is 0 Å². The van der Waals surface area contributed by atoms with Crippen molar-refractivity contribution in [2.75, 3.05) is 44.7 Å². The lowest BCUT2D eigenvalue weighted by Crippen LogP contribution is -2.47. The average Bonchev–Trinajstić information content (AvgIpc) is 2.53. The third-order valence-electron chi connectivity index (χ3n) is 3.92. The Kier molecular flexibility index (Phi) is 4.68. The van der Waals surface area contributed by atoms with E-state index in [0.717, 1.165) is 29.7 Å². The summed E-state index contributed by atoms with van der Waals surface area (Å²) in [6.07, 6.45) is 5.35. The van der Waals surface area contributed by atoms with Crippen molar-refractivity contribution in [2.24, 2.45) is 0 Å². The molecule has 1 N–H and O–H groups in total. The zero-order valence-electron chi connectivity index (χ0n) is 13.1. The number of morpholine rings is 1. The van der Waals surface area contributed by atoms with Crippen LogP contribution in [0.25, 0.3) is 10.9 Å². The summed E-state index contributed by atoms with van der Waals surface area (Å²) in [5.41, 5.74) is 2.01. The van der Waals surface area contributed by atoms with E-state index in [1.165, 1.54) is 0 Å². The molecule has 0 aromatic carbocycles. The van der Waals surface area contributed by atoms with Gasteiger partial charge in [-0.15, -0.1) is 0 Å². The molecule has 1 aliphatic rings. The lowest BCUT2D eigenvalue weighted by molar-refractivity contribution is -0.138. The van der Waals surface area contributed by atoms with Crippen LogP contribution in [0.3, 0.4) is 0 Å². The van der Waals surface area contributed by atoms with Crippen LogP contribution in [-0.2, 0) is 9.53 Å². The molecular formula is C16H20N4O3. The molecule has 122 valence electrons. The lowest BCUT2D eigenvalue weighted by atomic mass is 10.1. The van der Waals surface area contributed by atoms with Crippen LogP contribution in [0.1, 0.15) is 0 Å². The highest BCUT2D eigenvalue weighted by molar-refractivity contribution is 5.90. The molecule has 1 unspecified atom stereocenters. The number of aromatic nitrogens is 2. The molecule has 0 amide bonds. The van der Waals surface area contributed by atoms with Gasteiger partial charge in [-0.1, -0.05) is 0 Å². The molecule has 3 rings (SSSR count). The van der Waals surface area contributed by atoms with Crippen molar-refractivity contribution in [2.45, 2.75) is 6.10 Å². The third-order valence-corrected chi connectivity index (χ3v) is 3.92. The molecule has 0 saturated carbocycles. The van der Waals surface area contributed by atoms with Gasteiger partial charge in [0.2, 0.25) is 0 Å². The van der Waals surface area contributed by atoms with Crippen LogP contribution >= 0.6 is 0 Å². The topological polar surface area (TPSA) is 78.8 Å². The molecule has 0 radical (unpaired) electrons. The van der Waals surface area contributed by atoms with Crippen molar-refractivity contribution >= 4 is 22.6 Å². The molecule has 1 fully saturated rings. The number of pyridine rings is 2. The molecule has 0 bridgehead atoms. The van der Waals surface area contributed by atoms with E-state index in [2.05, 4.69) is 14.9 Å². The molecule has 1 atom stereocenters. The second kappa shape index (κ2) is 6.89. The van der Waals surface area contributed by atoms with Crippen LogP contribution < -0.4 is 4.90 Å². The standard InChI is InChI=1S/C16H20N4O3/c1-19(11-16(21)22)9-12-10-20(6-7-23-12)15-3-5-18-14-2-4-17-8-13(14)15/h2-5,8,12H,6-7,9-11H2,1H3,(H,21,22). The molecule has 1 saturated heterocycles. The number of carboxylic acid groups (broad SMARTS) is 1. The maximum absolute atomic E-state index is 10.8. The Labute approximate surface area is 134 Å². The highest BCUT2D eigenvalue weighted by atomic mass is 16.5. The molecule has 0 aliphatic carbocycles. The first-order valence-electron chi connectivity index (χ1n) is 7.59. The summed E-state index contributed by atoms with van der Waals surface area (Å²) < 4.78 is 5.79. The Bertz CT molecular complexity index is 689. The summed E-state index contributed by atoms with van der Waals surface area (Å²) in [6.45, 7) is 2.74. The van der Waals surface area contributed by atoms with Gasteiger partial charge in [0.05, 0.1) is 24.8 Å². The number of hydrogen-bond donors (Lipinski definition) is 1. The average molecular weight is 316 g/mol. The number of fused-ring (bicyclic) bond motifs is 1. The second-order valence-electron chi connectivity index (χ2n) is 5.75. The molecule has 7 nitrogen and oxygen atoms in total. The number of likely N-dealkylation sites (N-methyl/N-ethyl adjacent to an activating group) is 1. The Morgan fingerprint density at radius 1 is 1.48 bits per heavy atom. The van der Waals surface area contributed by atoms with Crippen molar-refractivity contribution in [3.8, 4) is 0 Å². The second-order valence-corrected chi connectivity index (χ2v) is 5.75. The summed E-state index contributed by atoms with van der Waals surface area (Å²) in [5.74, 6) is -0.827. The number of hydrogen-bond acceptors (Lipinski definition) is 6. The van der Waals surface area contributed by atoms with Crippen molar-refractivity contribution in [3.05, 3.63) is 30.7 Å². The van der Waals surface area contributed by atoms with Crippen LogP contribution in [0, 0.1) is 0 Å². The SMILES string of the molecule is CN(CC(=O)O)CC1CN(c2ccnc3ccncc23)CCO1. The third kappa shape index (κ3) is 3.75. The van der Waals surface area contributed by atoms with Gasteiger partial charge in [0.15, 0.2) is 0 Å². The van der Waals surface area contributed by atoms with Gasteiger partial charge in [0.1, 0.15) is 0 Å². The number of anilines is 1. The monoisotopic (exact) mass is 316 g/mol. The van der Waals surface area contributed by atoms with Crippen LogP contribution in [0.15, 0.2) is 30.7 Å². The first-order chi connectivity index (χ1) is 11.1. The zero-order chi connectivity index (χ0) is 16.2. The smallest absolute Gasteiger partial charge is 0.317 e. The van der Waals surface area contributed by atoms with E-state index in [1.807, 2.05) is 18.3 Å². The fraction of sp³-hybridized carbons (Fsp3) is 0.438. The van der Waals surface area contributed by atoms with Gasteiger partial charge in [0, 0.05) is 49.3 Å². The predicted octanol–water partition coefficient (Wildman–Crippen LogP) is 0.851. The number of aliphatic carboxylic acids is 1. The zero-order valence-corrected chi connectivity index (χ0v) is 13.1. The maximum Gasteiger partial charge on any atom is 0.317 e. The fourth-order valence-electron chi connectivity index (χ4n) is 2.94. The minimum Gasteiger partial charge on any atom is -0.480 e. The Morgan fingerprint density at radius 3 is 3.17 bits per heavy atom. The van der Waals surface area contributed by atoms with Gasteiger partial charge in [-0.05, 0) is 19.2 Å². The maximum atomic E-state index is 10.8. The van der Waals surface area contributed by atoms with Crippen molar-refractivity contribution in [1.82, 2.24) is 14.9 Å². The van der Waals surface area contributed by atoms with E-state index in [0.29, 0.717) is 13.2 Å². The minimum atomic E-state index is -0.827. The van der Waals surface area contributed by atoms with Gasteiger partial charge in [-0.25, -0.2) is 0 Å². The largest absolute Gasteiger partial charge is 0.480 e. The number of ether oxygens (including phenoxy) is 1. The van der Waals surface area contributed by atoms with E-state index >= 15 is 0 Å². The molecule has 23 heavy (non-hydrogen) atoms. The summed E-state index contributed by atoms with van der Waals surface area (Å²) >= 11 is 0. The number of carboxylic acids is 1. The number of nitrogens with zero attached hydrogens (tertiary/aromatic N) is 4. The fourth-order valence-corrected chi connectivity index (χ4v) is 2.94. The Balaban J connectivity index is 1.74. The molecule has 2 aromatic rings.